The van der Waals surface area contributed by atoms with Gasteiger partial charge in [-0.3, -0.25) is 9.78 Å². The molecule has 2 aromatic heterocycles. The van der Waals surface area contributed by atoms with Crippen LogP contribution in [-0.2, 0) is 17.7 Å². The highest BCUT2D eigenvalue weighted by Gasteiger charge is 2.11. The van der Waals surface area contributed by atoms with E-state index in [2.05, 4.69) is 20.4 Å². The molecule has 0 aliphatic heterocycles. The molecule has 0 aromatic carbocycles. The Hall–Kier alpha value is -2.28. The van der Waals surface area contributed by atoms with E-state index in [9.17, 15) is 4.79 Å². The van der Waals surface area contributed by atoms with Gasteiger partial charge >= 0.3 is 0 Å². The van der Waals surface area contributed by atoms with Crippen LogP contribution in [0.4, 0.5) is 0 Å². The Morgan fingerprint density at radius 3 is 3.10 bits per heavy atom. The van der Waals surface area contributed by atoms with Crippen LogP contribution >= 0.6 is 0 Å². The summed E-state index contributed by atoms with van der Waals surface area (Å²) < 4.78 is 9.96. The first kappa shape index (κ1) is 14.1. The lowest BCUT2D eigenvalue weighted by atomic mass is 10.1. The number of amides is 1. The summed E-state index contributed by atoms with van der Waals surface area (Å²) in [5, 5.41) is 6.53. The minimum absolute atomic E-state index is 0.193. The fraction of sp³-hybridized carbons (Fsp3) is 0.385. The number of hydrogen-bond donors (Lipinski definition) is 1. The van der Waals surface area contributed by atoms with Crippen LogP contribution in [0.2, 0.25) is 0 Å². The topological polar surface area (TPSA) is 90.1 Å². The minimum Gasteiger partial charge on any atom is -0.384 e. The molecule has 0 aliphatic carbocycles. The molecule has 7 heteroatoms. The predicted octanol–water partition coefficient (Wildman–Crippen LogP) is 0.892. The molecule has 0 fully saturated rings. The van der Waals surface area contributed by atoms with Gasteiger partial charge in [-0.25, -0.2) is 0 Å². The smallest absolute Gasteiger partial charge is 0.252 e. The van der Waals surface area contributed by atoms with E-state index < -0.39 is 0 Å². The van der Waals surface area contributed by atoms with Crippen LogP contribution in [0.25, 0.3) is 0 Å². The number of pyridine rings is 1. The summed E-state index contributed by atoms with van der Waals surface area (Å²) in [7, 11) is 1.61. The number of nitrogens with zero attached hydrogens (tertiary/aromatic N) is 3. The number of aryl methyl sites for hydroxylation is 1. The van der Waals surface area contributed by atoms with Crippen molar-refractivity contribution in [2.24, 2.45) is 0 Å². The van der Waals surface area contributed by atoms with Crippen LogP contribution < -0.4 is 5.32 Å². The molecule has 0 bridgehead atoms. The second kappa shape index (κ2) is 6.76. The summed E-state index contributed by atoms with van der Waals surface area (Å²) in [5.74, 6) is 0.744. The molecule has 20 heavy (non-hydrogen) atoms. The molecular weight excluding hydrogens is 260 g/mol. The lowest BCUT2D eigenvalue weighted by Crippen LogP contribution is -2.23. The highest BCUT2D eigenvalue weighted by molar-refractivity contribution is 5.95. The number of rotatable bonds is 6. The maximum Gasteiger partial charge on any atom is 0.252 e. The van der Waals surface area contributed by atoms with Crippen molar-refractivity contribution in [2.45, 2.75) is 19.9 Å². The maximum atomic E-state index is 12.0. The van der Waals surface area contributed by atoms with Gasteiger partial charge in [-0.15, -0.1) is 0 Å². The molecule has 0 atom stereocenters. The number of methoxy groups -OCH3 is 1. The second-order valence-electron chi connectivity index (χ2n) is 4.22. The molecule has 0 unspecified atom stereocenters. The fourth-order valence-electron chi connectivity index (χ4n) is 1.64. The summed E-state index contributed by atoms with van der Waals surface area (Å²) in [6.45, 7) is 2.56. The molecule has 2 rings (SSSR count). The molecular formula is C13H16N4O3. The first-order valence-electron chi connectivity index (χ1n) is 6.20. The molecule has 2 aromatic rings. The molecule has 0 saturated carbocycles. The fourth-order valence-corrected chi connectivity index (χ4v) is 1.64. The first-order valence-corrected chi connectivity index (χ1v) is 6.20. The Balaban J connectivity index is 1.90. The third-order valence-electron chi connectivity index (χ3n) is 2.71. The average Bonchev–Trinajstić information content (AvgIpc) is 2.91. The van der Waals surface area contributed by atoms with Gasteiger partial charge in [0.05, 0.1) is 13.2 Å². The molecule has 7 nitrogen and oxygen atoms in total. The van der Waals surface area contributed by atoms with E-state index in [1.54, 1.807) is 25.6 Å². The van der Waals surface area contributed by atoms with E-state index >= 15 is 0 Å². The van der Waals surface area contributed by atoms with Crippen molar-refractivity contribution in [3.63, 3.8) is 0 Å². The number of carbonyl (C=O) groups excluding carboxylic acids is 1. The maximum absolute atomic E-state index is 12.0. The van der Waals surface area contributed by atoms with E-state index in [1.165, 1.54) is 0 Å². The molecule has 0 radical (unpaired) electrons. The molecule has 2 heterocycles. The zero-order valence-electron chi connectivity index (χ0n) is 11.4. The Labute approximate surface area is 116 Å². The monoisotopic (exact) mass is 276 g/mol. The van der Waals surface area contributed by atoms with Gasteiger partial charge in [-0.2, -0.15) is 4.98 Å². The van der Waals surface area contributed by atoms with Gasteiger partial charge in [-0.1, -0.05) is 5.16 Å². The molecule has 0 spiro atoms. The largest absolute Gasteiger partial charge is 0.384 e. The Bertz CT molecular complexity index is 583. The van der Waals surface area contributed by atoms with Crippen molar-refractivity contribution < 1.29 is 14.1 Å². The highest BCUT2D eigenvalue weighted by Crippen LogP contribution is 2.05. The third-order valence-corrected chi connectivity index (χ3v) is 2.71. The van der Waals surface area contributed by atoms with Crippen LogP contribution in [0.15, 0.2) is 23.0 Å². The highest BCUT2D eigenvalue weighted by atomic mass is 16.5. The Morgan fingerprint density at radius 1 is 1.50 bits per heavy atom. The molecule has 0 saturated heterocycles. The Kier molecular flexibility index (Phi) is 4.78. The van der Waals surface area contributed by atoms with Crippen molar-refractivity contribution in [1.82, 2.24) is 20.4 Å². The first-order chi connectivity index (χ1) is 9.70. The van der Waals surface area contributed by atoms with E-state index in [0.717, 1.165) is 5.56 Å². The standard InChI is InChI=1S/C13H16N4O3/c1-9-7-14-5-3-10(9)13(18)15-8-12-16-11(17-20-12)4-6-19-2/h3,5,7H,4,6,8H2,1-2H3,(H,15,18). The lowest BCUT2D eigenvalue weighted by molar-refractivity contribution is 0.0945. The summed E-state index contributed by atoms with van der Waals surface area (Å²) in [6.07, 6.45) is 3.80. The summed E-state index contributed by atoms with van der Waals surface area (Å²) in [5.41, 5.74) is 1.40. The van der Waals surface area contributed by atoms with E-state index in [1.807, 2.05) is 6.92 Å². The number of carbonyl (C=O) groups is 1. The SMILES string of the molecule is COCCc1noc(CNC(=O)c2ccncc2C)n1. The number of nitrogens with one attached hydrogen (secondary N) is 1. The number of ether oxygens (including phenoxy) is 1. The molecule has 1 amide bonds. The van der Waals surface area contributed by atoms with Gasteiger partial charge in [0, 0.05) is 31.5 Å². The van der Waals surface area contributed by atoms with Gasteiger partial charge in [0.1, 0.15) is 0 Å². The minimum atomic E-state index is -0.193. The van der Waals surface area contributed by atoms with Gasteiger partial charge in [0.25, 0.3) is 5.91 Å². The van der Waals surface area contributed by atoms with E-state index in [-0.39, 0.29) is 12.5 Å². The van der Waals surface area contributed by atoms with Gasteiger partial charge in [0.2, 0.25) is 5.89 Å². The van der Waals surface area contributed by atoms with Crippen molar-refractivity contribution in [1.29, 1.82) is 0 Å². The zero-order chi connectivity index (χ0) is 14.4. The van der Waals surface area contributed by atoms with Gasteiger partial charge in [0.15, 0.2) is 5.82 Å². The molecule has 0 aliphatic rings. The van der Waals surface area contributed by atoms with Crippen LogP contribution in [0, 0.1) is 6.92 Å². The second-order valence-corrected chi connectivity index (χ2v) is 4.22. The van der Waals surface area contributed by atoms with Crippen LogP contribution in [0.1, 0.15) is 27.6 Å². The third kappa shape index (κ3) is 3.61. The van der Waals surface area contributed by atoms with Gasteiger partial charge < -0.3 is 14.6 Å². The average molecular weight is 276 g/mol. The Morgan fingerprint density at radius 2 is 2.35 bits per heavy atom. The zero-order valence-corrected chi connectivity index (χ0v) is 11.4. The number of aromatic nitrogens is 3. The predicted molar refractivity (Wildman–Crippen MR) is 70.0 cm³/mol. The van der Waals surface area contributed by atoms with Gasteiger partial charge in [-0.05, 0) is 18.6 Å². The van der Waals surface area contributed by atoms with Crippen LogP contribution in [0.5, 0.6) is 0 Å². The number of hydrogen-bond acceptors (Lipinski definition) is 6. The van der Waals surface area contributed by atoms with E-state index in [0.29, 0.717) is 30.3 Å². The van der Waals surface area contributed by atoms with Crippen molar-refractivity contribution >= 4 is 5.91 Å². The van der Waals surface area contributed by atoms with Crippen molar-refractivity contribution in [3.05, 3.63) is 41.3 Å². The van der Waals surface area contributed by atoms with Crippen molar-refractivity contribution in [2.75, 3.05) is 13.7 Å². The molecule has 106 valence electrons. The van der Waals surface area contributed by atoms with Crippen molar-refractivity contribution in [3.8, 4) is 0 Å². The summed E-state index contributed by atoms with van der Waals surface area (Å²) in [6, 6.07) is 1.67. The summed E-state index contributed by atoms with van der Waals surface area (Å²) in [4.78, 5) is 20.1. The van der Waals surface area contributed by atoms with Crippen LogP contribution in [0.3, 0.4) is 0 Å². The normalized spacial score (nSPS) is 10.5. The van der Waals surface area contributed by atoms with E-state index in [4.69, 9.17) is 9.26 Å². The summed E-state index contributed by atoms with van der Waals surface area (Å²) >= 11 is 0. The molecule has 1 N–H and O–H groups in total. The van der Waals surface area contributed by atoms with Crippen LogP contribution in [-0.4, -0.2) is 34.7 Å². The lowest BCUT2D eigenvalue weighted by Gasteiger charge is -2.04. The quantitative estimate of drug-likeness (QED) is 0.842.